The Morgan fingerprint density at radius 3 is 2.45 bits per heavy atom. The highest BCUT2D eigenvalue weighted by molar-refractivity contribution is 7.89. The first kappa shape index (κ1) is 21.3. The number of hydrogen-bond acceptors (Lipinski definition) is 4. The van der Waals surface area contributed by atoms with Gasteiger partial charge in [0, 0.05) is 23.8 Å². The molecule has 3 rings (SSSR count). The lowest BCUT2D eigenvalue weighted by Crippen LogP contribution is -2.46. The number of rotatable bonds is 6. The molecular weight excluding hydrogens is 414 g/mol. The SMILES string of the molecule is O=C(CNC(=O)[C@H]1CCCN(S(=O)(=O)c2ccccc2)C1)Nc1ccc(Cl)cc1. The number of anilines is 1. The molecule has 2 amide bonds. The van der Waals surface area contributed by atoms with Gasteiger partial charge in [-0.05, 0) is 49.2 Å². The van der Waals surface area contributed by atoms with Gasteiger partial charge < -0.3 is 10.6 Å². The fraction of sp³-hybridized carbons (Fsp3) is 0.300. The Hall–Kier alpha value is -2.42. The van der Waals surface area contributed by atoms with E-state index in [1.165, 1.54) is 4.31 Å². The van der Waals surface area contributed by atoms with Crippen LogP contribution in [0.15, 0.2) is 59.5 Å². The molecule has 2 aromatic rings. The number of carbonyl (C=O) groups excluding carboxylic acids is 2. The normalized spacial score (nSPS) is 17.5. The van der Waals surface area contributed by atoms with E-state index in [0.29, 0.717) is 30.1 Å². The third-order valence-corrected chi connectivity index (χ3v) is 6.82. The second-order valence-electron chi connectivity index (χ2n) is 6.79. The van der Waals surface area contributed by atoms with Gasteiger partial charge in [0.25, 0.3) is 0 Å². The van der Waals surface area contributed by atoms with Crippen molar-refractivity contribution in [3.05, 3.63) is 59.6 Å². The summed E-state index contributed by atoms with van der Waals surface area (Å²) in [6, 6.07) is 14.8. The maximum Gasteiger partial charge on any atom is 0.243 e. The van der Waals surface area contributed by atoms with E-state index in [1.54, 1.807) is 54.6 Å². The van der Waals surface area contributed by atoms with Crippen molar-refractivity contribution in [1.29, 1.82) is 0 Å². The van der Waals surface area contributed by atoms with Crippen LogP contribution in [0, 0.1) is 5.92 Å². The summed E-state index contributed by atoms with van der Waals surface area (Å²) in [7, 11) is -3.64. The summed E-state index contributed by atoms with van der Waals surface area (Å²) in [4.78, 5) is 24.7. The van der Waals surface area contributed by atoms with Crippen molar-refractivity contribution in [3.63, 3.8) is 0 Å². The van der Waals surface area contributed by atoms with Crippen molar-refractivity contribution in [1.82, 2.24) is 9.62 Å². The Morgan fingerprint density at radius 2 is 1.76 bits per heavy atom. The highest BCUT2D eigenvalue weighted by atomic mass is 35.5. The van der Waals surface area contributed by atoms with E-state index in [2.05, 4.69) is 10.6 Å². The predicted molar refractivity (Wildman–Crippen MR) is 111 cm³/mol. The highest BCUT2D eigenvalue weighted by Crippen LogP contribution is 2.23. The third-order valence-electron chi connectivity index (χ3n) is 4.69. The van der Waals surface area contributed by atoms with Gasteiger partial charge >= 0.3 is 0 Å². The van der Waals surface area contributed by atoms with E-state index in [1.807, 2.05) is 0 Å². The number of nitrogens with one attached hydrogen (secondary N) is 2. The van der Waals surface area contributed by atoms with Crippen molar-refractivity contribution < 1.29 is 18.0 Å². The molecule has 29 heavy (non-hydrogen) atoms. The third kappa shape index (κ3) is 5.56. The number of halogens is 1. The molecular formula is C20H22ClN3O4S. The van der Waals surface area contributed by atoms with E-state index >= 15 is 0 Å². The maximum atomic E-state index is 12.8. The summed E-state index contributed by atoms with van der Waals surface area (Å²) in [5.41, 5.74) is 0.575. The molecule has 7 nitrogen and oxygen atoms in total. The lowest BCUT2D eigenvalue weighted by atomic mass is 9.99. The summed E-state index contributed by atoms with van der Waals surface area (Å²) >= 11 is 5.80. The zero-order valence-corrected chi connectivity index (χ0v) is 17.2. The Morgan fingerprint density at radius 1 is 1.07 bits per heavy atom. The Labute approximate surface area is 175 Å². The van der Waals surface area contributed by atoms with Crippen molar-refractivity contribution in [2.24, 2.45) is 5.92 Å². The monoisotopic (exact) mass is 435 g/mol. The molecule has 1 heterocycles. The number of carbonyl (C=O) groups is 2. The minimum Gasteiger partial charge on any atom is -0.347 e. The average Bonchev–Trinajstić information content (AvgIpc) is 2.74. The molecule has 0 spiro atoms. The molecule has 154 valence electrons. The average molecular weight is 436 g/mol. The van der Waals surface area contributed by atoms with E-state index in [4.69, 9.17) is 11.6 Å². The Kier molecular flexibility index (Phi) is 6.89. The summed E-state index contributed by atoms with van der Waals surface area (Å²) in [6.45, 7) is 0.281. The summed E-state index contributed by atoms with van der Waals surface area (Å²) in [6.07, 6.45) is 1.16. The van der Waals surface area contributed by atoms with Gasteiger partial charge in [-0.1, -0.05) is 29.8 Å². The molecule has 0 aliphatic carbocycles. The van der Waals surface area contributed by atoms with Crippen LogP contribution < -0.4 is 10.6 Å². The molecule has 2 aromatic carbocycles. The van der Waals surface area contributed by atoms with Crippen LogP contribution in [0.5, 0.6) is 0 Å². The van der Waals surface area contributed by atoms with E-state index in [-0.39, 0.29) is 29.8 Å². The van der Waals surface area contributed by atoms with Crippen molar-refractivity contribution in [3.8, 4) is 0 Å². The number of benzene rings is 2. The topological polar surface area (TPSA) is 95.6 Å². The van der Waals surface area contributed by atoms with Gasteiger partial charge in [0.2, 0.25) is 21.8 Å². The van der Waals surface area contributed by atoms with Crippen molar-refractivity contribution in [2.75, 3.05) is 25.0 Å². The molecule has 1 atom stereocenters. The first-order valence-electron chi connectivity index (χ1n) is 9.24. The molecule has 0 unspecified atom stereocenters. The number of amides is 2. The number of piperidine rings is 1. The molecule has 1 saturated heterocycles. The van der Waals surface area contributed by atoms with Crippen LogP contribution in [-0.4, -0.2) is 44.2 Å². The second-order valence-corrected chi connectivity index (χ2v) is 9.16. The van der Waals surface area contributed by atoms with E-state index < -0.39 is 15.9 Å². The van der Waals surface area contributed by atoms with Crippen LogP contribution in [0.2, 0.25) is 5.02 Å². The van der Waals surface area contributed by atoms with Crippen LogP contribution in [-0.2, 0) is 19.6 Å². The largest absolute Gasteiger partial charge is 0.347 e. The first-order chi connectivity index (χ1) is 13.9. The lowest BCUT2D eigenvalue weighted by molar-refractivity contribution is -0.128. The molecule has 2 N–H and O–H groups in total. The van der Waals surface area contributed by atoms with E-state index in [0.717, 1.165) is 0 Å². The standard InChI is InChI=1S/C20H22ClN3O4S/c21-16-8-10-17(11-9-16)23-19(25)13-22-20(26)15-5-4-12-24(14-15)29(27,28)18-6-2-1-3-7-18/h1-3,6-11,15H,4-5,12-14H2,(H,22,26)(H,23,25)/t15-/m0/s1. The van der Waals surface area contributed by atoms with Gasteiger partial charge in [0.1, 0.15) is 0 Å². The summed E-state index contributed by atoms with van der Waals surface area (Å²) < 4.78 is 26.9. The minimum atomic E-state index is -3.64. The fourth-order valence-corrected chi connectivity index (χ4v) is 4.84. The van der Waals surface area contributed by atoms with Gasteiger partial charge in [-0.2, -0.15) is 4.31 Å². The lowest BCUT2D eigenvalue weighted by Gasteiger charge is -2.31. The quantitative estimate of drug-likeness (QED) is 0.728. The molecule has 1 aliphatic heterocycles. The van der Waals surface area contributed by atoms with Crippen LogP contribution in [0.25, 0.3) is 0 Å². The highest BCUT2D eigenvalue weighted by Gasteiger charge is 2.33. The van der Waals surface area contributed by atoms with E-state index in [9.17, 15) is 18.0 Å². The predicted octanol–water partition coefficient (Wildman–Crippen LogP) is 2.50. The molecule has 0 bridgehead atoms. The van der Waals surface area contributed by atoms with Gasteiger partial charge in [0.15, 0.2) is 0 Å². The van der Waals surface area contributed by atoms with Crippen molar-refractivity contribution >= 4 is 39.1 Å². The van der Waals surface area contributed by atoms with Gasteiger partial charge in [-0.15, -0.1) is 0 Å². The van der Waals surface area contributed by atoms with Gasteiger partial charge in [0.05, 0.1) is 17.4 Å². The van der Waals surface area contributed by atoms with Crippen molar-refractivity contribution in [2.45, 2.75) is 17.7 Å². The molecule has 0 aromatic heterocycles. The van der Waals surface area contributed by atoms with Crippen LogP contribution in [0.1, 0.15) is 12.8 Å². The zero-order valence-electron chi connectivity index (χ0n) is 15.7. The first-order valence-corrected chi connectivity index (χ1v) is 11.1. The Bertz CT molecular complexity index is 965. The summed E-state index contributed by atoms with van der Waals surface area (Å²) in [5, 5.41) is 5.82. The Balaban J connectivity index is 1.54. The smallest absolute Gasteiger partial charge is 0.243 e. The summed E-state index contributed by atoms with van der Waals surface area (Å²) in [5.74, 6) is -1.19. The second kappa shape index (κ2) is 9.39. The van der Waals surface area contributed by atoms with Crippen LogP contribution in [0.4, 0.5) is 5.69 Å². The number of nitrogens with zero attached hydrogens (tertiary/aromatic N) is 1. The molecule has 1 fully saturated rings. The van der Waals surface area contributed by atoms with Gasteiger partial charge in [-0.25, -0.2) is 8.42 Å². The molecule has 1 aliphatic rings. The molecule has 9 heteroatoms. The minimum absolute atomic E-state index is 0.0991. The molecule has 0 radical (unpaired) electrons. The number of sulfonamides is 1. The van der Waals surface area contributed by atoms with Gasteiger partial charge in [-0.3, -0.25) is 9.59 Å². The maximum absolute atomic E-state index is 12.8. The fourth-order valence-electron chi connectivity index (χ4n) is 3.17. The number of hydrogen-bond donors (Lipinski definition) is 2. The zero-order chi connectivity index (χ0) is 20.9. The van der Waals surface area contributed by atoms with Crippen LogP contribution >= 0.6 is 11.6 Å². The van der Waals surface area contributed by atoms with Crippen LogP contribution in [0.3, 0.4) is 0 Å². The molecule has 0 saturated carbocycles.